The highest BCUT2D eigenvalue weighted by Crippen LogP contribution is 2.05. The molecule has 0 spiro atoms. The molecule has 90 valence electrons. The minimum absolute atomic E-state index is 0.0533. The molecule has 0 aromatic heterocycles. The van der Waals surface area contributed by atoms with E-state index in [4.69, 9.17) is 15.6 Å². The number of rotatable bonds is 4. The first-order chi connectivity index (χ1) is 6.79. The third-order valence-electron chi connectivity index (χ3n) is 1.43. The molecule has 15 heavy (non-hydrogen) atoms. The van der Waals surface area contributed by atoms with E-state index in [2.05, 4.69) is 18.6 Å². The summed E-state index contributed by atoms with van der Waals surface area (Å²) >= 11 is 0. The van der Waals surface area contributed by atoms with Gasteiger partial charge in [0.15, 0.2) is 0 Å². The zero-order valence-corrected chi connectivity index (χ0v) is 9.82. The van der Waals surface area contributed by atoms with E-state index in [1.165, 1.54) is 7.11 Å². The lowest BCUT2D eigenvalue weighted by Crippen LogP contribution is -2.25. The summed E-state index contributed by atoms with van der Waals surface area (Å²) in [5.41, 5.74) is 5.65. The second-order valence-electron chi connectivity index (χ2n) is 3.69. The largest absolute Gasteiger partial charge is 0.481 e. The average molecular weight is 219 g/mol. The number of carbonyl (C=O) groups is 2. The molecule has 5 heteroatoms. The molecule has 5 nitrogen and oxygen atoms in total. The fourth-order valence-corrected chi connectivity index (χ4v) is 0.986. The van der Waals surface area contributed by atoms with Crippen LogP contribution in [0, 0.1) is 5.92 Å². The first kappa shape index (κ1) is 16.3. The van der Waals surface area contributed by atoms with Crippen LogP contribution in [0.3, 0.4) is 0 Å². The molecule has 0 aliphatic carbocycles. The minimum Gasteiger partial charge on any atom is -0.481 e. The molecule has 3 N–H and O–H groups in total. The van der Waals surface area contributed by atoms with Crippen molar-refractivity contribution in [3.8, 4) is 0 Å². The van der Waals surface area contributed by atoms with Crippen molar-refractivity contribution in [2.75, 3.05) is 7.11 Å². The molecule has 0 amide bonds. The summed E-state index contributed by atoms with van der Waals surface area (Å²) in [6, 6.07) is -0.0533. The van der Waals surface area contributed by atoms with Gasteiger partial charge in [0.25, 0.3) is 5.97 Å². The number of carboxylic acids is 1. The van der Waals surface area contributed by atoms with Gasteiger partial charge in [-0.05, 0) is 12.3 Å². The summed E-state index contributed by atoms with van der Waals surface area (Å²) < 4.78 is 4.48. The van der Waals surface area contributed by atoms with Gasteiger partial charge in [0.2, 0.25) is 0 Å². The van der Waals surface area contributed by atoms with E-state index < -0.39 is 5.97 Å². The van der Waals surface area contributed by atoms with Crippen LogP contribution in [0.2, 0.25) is 0 Å². The normalized spacial score (nSPS) is 11.3. The fourth-order valence-electron chi connectivity index (χ4n) is 0.986. The Bertz CT molecular complexity index is 188. The molecule has 0 aliphatic heterocycles. The number of hydrogen-bond donors (Lipinski definition) is 2. The Morgan fingerprint density at radius 3 is 2.07 bits per heavy atom. The number of hydrogen-bond acceptors (Lipinski definition) is 4. The highest BCUT2D eigenvalue weighted by molar-refractivity contribution is 5.69. The van der Waals surface area contributed by atoms with Gasteiger partial charge in [-0.1, -0.05) is 13.8 Å². The summed E-state index contributed by atoms with van der Waals surface area (Å²) in [6.45, 7) is 5.24. The Morgan fingerprint density at radius 1 is 1.40 bits per heavy atom. The molecule has 1 atom stereocenters. The molecule has 0 fully saturated rings. The summed E-state index contributed by atoms with van der Waals surface area (Å²) in [7, 11) is 1.38. The van der Waals surface area contributed by atoms with Crippen molar-refractivity contribution in [1.82, 2.24) is 0 Å². The number of carboxylic acid groups (broad SMARTS) is 1. The predicted octanol–water partition coefficient (Wildman–Crippen LogP) is 1.01. The molecule has 1 unspecified atom stereocenters. The molecular formula is C10H21NO4. The lowest BCUT2D eigenvalue weighted by molar-refractivity contribution is -0.141. The Labute approximate surface area is 90.6 Å². The summed E-state index contributed by atoms with van der Waals surface area (Å²) in [6.07, 6.45) is 1.20. The second-order valence-corrected chi connectivity index (χ2v) is 3.69. The van der Waals surface area contributed by atoms with Gasteiger partial charge in [-0.2, -0.15) is 0 Å². The van der Waals surface area contributed by atoms with Gasteiger partial charge in [0, 0.05) is 13.0 Å². The first-order valence-electron chi connectivity index (χ1n) is 4.81. The Morgan fingerprint density at radius 2 is 1.80 bits per heavy atom. The van der Waals surface area contributed by atoms with Gasteiger partial charge in [-0.25, -0.2) is 0 Å². The minimum atomic E-state index is -0.833. The van der Waals surface area contributed by atoms with Crippen LogP contribution in [0.1, 0.15) is 33.6 Å². The molecule has 0 bridgehead atoms. The van der Waals surface area contributed by atoms with Crippen molar-refractivity contribution < 1.29 is 19.4 Å². The first-order valence-corrected chi connectivity index (χ1v) is 4.81. The van der Waals surface area contributed by atoms with Gasteiger partial charge in [0.05, 0.1) is 13.5 Å². The standard InChI is InChI=1S/C8H17NO2.C2H4O2/c1-6(2)4-7(9)5-8(10)11-3;1-2(3)4/h6-7H,4-5,9H2,1-3H3;1H3,(H,3,4). The lowest BCUT2D eigenvalue weighted by atomic mass is 10.0. The summed E-state index contributed by atoms with van der Waals surface area (Å²) in [5, 5.41) is 7.42. The number of ether oxygens (including phenoxy) is 1. The summed E-state index contributed by atoms with van der Waals surface area (Å²) in [4.78, 5) is 19.7. The third kappa shape index (κ3) is 19.3. The van der Waals surface area contributed by atoms with Gasteiger partial charge in [0.1, 0.15) is 0 Å². The quantitative estimate of drug-likeness (QED) is 0.689. The monoisotopic (exact) mass is 219 g/mol. The molecule has 0 aromatic carbocycles. The van der Waals surface area contributed by atoms with E-state index in [9.17, 15) is 4.79 Å². The van der Waals surface area contributed by atoms with Crippen LogP contribution in [-0.2, 0) is 14.3 Å². The van der Waals surface area contributed by atoms with Crippen molar-refractivity contribution in [2.24, 2.45) is 11.7 Å². The molecule has 0 saturated heterocycles. The van der Waals surface area contributed by atoms with Crippen molar-refractivity contribution in [2.45, 2.75) is 39.7 Å². The van der Waals surface area contributed by atoms with Gasteiger partial charge in [-0.3, -0.25) is 9.59 Å². The molecule has 0 rings (SSSR count). The van der Waals surface area contributed by atoms with Gasteiger partial charge >= 0.3 is 5.97 Å². The maximum atomic E-state index is 10.7. The van der Waals surface area contributed by atoms with Crippen LogP contribution in [0.25, 0.3) is 0 Å². The molecule has 0 saturated carbocycles. The van der Waals surface area contributed by atoms with Crippen molar-refractivity contribution >= 4 is 11.9 Å². The molecule has 0 aromatic rings. The topological polar surface area (TPSA) is 89.6 Å². The highest BCUT2D eigenvalue weighted by Gasteiger charge is 2.10. The smallest absolute Gasteiger partial charge is 0.307 e. The van der Waals surface area contributed by atoms with Gasteiger partial charge in [-0.15, -0.1) is 0 Å². The van der Waals surface area contributed by atoms with E-state index in [0.29, 0.717) is 12.3 Å². The maximum absolute atomic E-state index is 10.7. The average Bonchev–Trinajstić information content (AvgIpc) is 2.01. The van der Waals surface area contributed by atoms with E-state index in [1.807, 2.05) is 0 Å². The number of methoxy groups -OCH3 is 1. The van der Waals surface area contributed by atoms with Crippen LogP contribution in [0.15, 0.2) is 0 Å². The van der Waals surface area contributed by atoms with Crippen LogP contribution < -0.4 is 5.73 Å². The Kier molecular flexibility index (Phi) is 10.3. The van der Waals surface area contributed by atoms with Crippen LogP contribution >= 0.6 is 0 Å². The zero-order chi connectivity index (χ0) is 12.4. The van der Waals surface area contributed by atoms with Gasteiger partial charge < -0.3 is 15.6 Å². The van der Waals surface area contributed by atoms with Crippen LogP contribution in [0.4, 0.5) is 0 Å². The third-order valence-corrected chi connectivity index (χ3v) is 1.43. The van der Waals surface area contributed by atoms with Crippen LogP contribution in [0.5, 0.6) is 0 Å². The number of carbonyl (C=O) groups excluding carboxylic acids is 1. The Balaban J connectivity index is 0. The second kappa shape index (κ2) is 9.45. The molecular weight excluding hydrogens is 198 g/mol. The van der Waals surface area contributed by atoms with Crippen molar-refractivity contribution in [3.63, 3.8) is 0 Å². The predicted molar refractivity (Wildman–Crippen MR) is 57.4 cm³/mol. The highest BCUT2D eigenvalue weighted by atomic mass is 16.5. The maximum Gasteiger partial charge on any atom is 0.307 e. The molecule has 0 heterocycles. The van der Waals surface area contributed by atoms with Crippen LogP contribution in [-0.4, -0.2) is 30.2 Å². The number of nitrogens with two attached hydrogens (primary N) is 1. The van der Waals surface area contributed by atoms with E-state index >= 15 is 0 Å². The SMILES string of the molecule is CC(=O)O.COC(=O)CC(N)CC(C)C. The fraction of sp³-hybridized carbons (Fsp3) is 0.800. The number of esters is 1. The van der Waals surface area contributed by atoms with E-state index in [-0.39, 0.29) is 12.0 Å². The molecule has 0 radical (unpaired) electrons. The lowest BCUT2D eigenvalue weighted by Gasteiger charge is -2.11. The van der Waals surface area contributed by atoms with E-state index in [1.54, 1.807) is 0 Å². The number of aliphatic carboxylic acids is 1. The summed E-state index contributed by atoms with van der Waals surface area (Å²) in [5.74, 6) is -0.521. The van der Waals surface area contributed by atoms with E-state index in [0.717, 1.165) is 13.3 Å². The van der Waals surface area contributed by atoms with Crippen molar-refractivity contribution in [1.29, 1.82) is 0 Å². The molecule has 0 aliphatic rings. The van der Waals surface area contributed by atoms with Crippen molar-refractivity contribution in [3.05, 3.63) is 0 Å². The Hall–Kier alpha value is -1.10. The zero-order valence-electron chi connectivity index (χ0n) is 9.82.